The molecule has 0 aromatic heterocycles. The smallest absolute Gasteiger partial charge is 0.177 e. The van der Waals surface area contributed by atoms with Crippen molar-refractivity contribution in [3.05, 3.63) is 29.3 Å². The molecule has 0 radical (unpaired) electrons. The molecule has 1 heterocycles. The summed E-state index contributed by atoms with van der Waals surface area (Å²) >= 11 is 0. The molecular weight excluding hydrogens is 166 g/mol. The van der Waals surface area contributed by atoms with Crippen LogP contribution in [0.1, 0.15) is 15.9 Å². The number of rotatable bonds is 1. The fraction of sp³-hybridized carbons (Fsp3) is 0.300. The molecule has 13 heavy (non-hydrogen) atoms. The number of hydrogen-bond donors (Lipinski definition) is 1. The molecule has 2 rings (SSSR count). The number of ether oxygens (including phenoxy) is 1. The number of Topliss-reactive ketones (excluding diaryl/α,β-unsaturated/α-hetero) is 1. The fourth-order valence-electron chi connectivity index (χ4n) is 1.50. The van der Waals surface area contributed by atoms with E-state index in [4.69, 9.17) is 4.74 Å². The number of hydrogen-bond acceptors (Lipinski definition) is 3. The molecule has 1 N–H and O–H groups in total. The van der Waals surface area contributed by atoms with E-state index in [1.807, 2.05) is 12.1 Å². The van der Waals surface area contributed by atoms with Gasteiger partial charge in [0.05, 0.1) is 13.7 Å². The van der Waals surface area contributed by atoms with Gasteiger partial charge in [0.15, 0.2) is 5.78 Å². The lowest BCUT2D eigenvalue weighted by Crippen LogP contribution is -2.29. The number of benzene rings is 1. The molecular formula is C10H11NO2. The summed E-state index contributed by atoms with van der Waals surface area (Å²) in [6, 6.07) is 5.61. The molecule has 3 nitrogen and oxygen atoms in total. The number of nitrogens with one attached hydrogen (secondary N) is 1. The Morgan fingerprint density at radius 1 is 1.38 bits per heavy atom. The van der Waals surface area contributed by atoms with E-state index in [0.717, 1.165) is 23.4 Å². The first-order valence-corrected chi connectivity index (χ1v) is 4.22. The largest absolute Gasteiger partial charge is 0.497 e. The van der Waals surface area contributed by atoms with Crippen molar-refractivity contribution in [3.8, 4) is 5.75 Å². The van der Waals surface area contributed by atoms with Crippen LogP contribution in [0, 0.1) is 0 Å². The van der Waals surface area contributed by atoms with Gasteiger partial charge in [0.25, 0.3) is 0 Å². The van der Waals surface area contributed by atoms with Crippen molar-refractivity contribution in [2.24, 2.45) is 0 Å². The highest BCUT2D eigenvalue weighted by Gasteiger charge is 2.16. The SMILES string of the molecule is COc1ccc2c(c1)C(=O)CNC2. The molecule has 0 saturated heterocycles. The Bertz CT molecular complexity index is 347. The number of fused-ring (bicyclic) bond motifs is 1. The molecule has 3 heteroatoms. The van der Waals surface area contributed by atoms with E-state index in [0.29, 0.717) is 6.54 Å². The van der Waals surface area contributed by atoms with E-state index in [2.05, 4.69) is 5.32 Å². The highest BCUT2D eigenvalue weighted by Crippen LogP contribution is 2.20. The summed E-state index contributed by atoms with van der Waals surface area (Å²) in [5, 5.41) is 3.04. The number of carbonyl (C=O) groups is 1. The highest BCUT2D eigenvalue weighted by molar-refractivity contribution is 6.00. The van der Waals surface area contributed by atoms with E-state index >= 15 is 0 Å². The van der Waals surface area contributed by atoms with Crippen molar-refractivity contribution in [1.82, 2.24) is 5.32 Å². The number of methoxy groups -OCH3 is 1. The van der Waals surface area contributed by atoms with Crippen LogP contribution >= 0.6 is 0 Å². The Hall–Kier alpha value is -1.35. The zero-order valence-electron chi connectivity index (χ0n) is 7.46. The molecule has 0 saturated carbocycles. The van der Waals surface area contributed by atoms with Crippen molar-refractivity contribution < 1.29 is 9.53 Å². The molecule has 1 aliphatic heterocycles. The fourth-order valence-corrected chi connectivity index (χ4v) is 1.50. The predicted octanol–water partition coefficient (Wildman–Crippen LogP) is 0.981. The zero-order valence-corrected chi connectivity index (χ0v) is 7.46. The van der Waals surface area contributed by atoms with Crippen LogP contribution in [-0.4, -0.2) is 19.4 Å². The van der Waals surface area contributed by atoms with Crippen LogP contribution in [-0.2, 0) is 6.54 Å². The molecule has 0 unspecified atom stereocenters. The Morgan fingerprint density at radius 2 is 2.23 bits per heavy atom. The standard InChI is InChI=1S/C10H11NO2/c1-13-8-3-2-7-5-11-6-10(12)9(7)4-8/h2-4,11H,5-6H2,1H3. The van der Waals surface area contributed by atoms with Crippen LogP contribution in [0.2, 0.25) is 0 Å². The number of ketones is 1. The summed E-state index contributed by atoms with van der Waals surface area (Å²) in [6.45, 7) is 1.20. The van der Waals surface area contributed by atoms with Gasteiger partial charge in [-0.3, -0.25) is 4.79 Å². The highest BCUT2D eigenvalue weighted by atomic mass is 16.5. The lowest BCUT2D eigenvalue weighted by atomic mass is 10.00. The van der Waals surface area contributed by atoms with E-state index < -0.39 is 0 Å². The van der Waals surface area contributed by atoms with Gasteiger partial charge in [0.1, 0.15) is 5.75 Å². The summed E-state index contributed by atoms with van der Waals surface area (Å²) < 4.78 is 5.06. The van der Waals surface area contributed by atoms with E-state index in [1.165, 1.54) is 0 Å². The average Bonchev–Trinajstić information content (AvgIpc) is 2.18. The predicted molar refractivity (Wildman–Crippen MR) is 49.0 cm³/mol. The second-order valence-corrected chi connectivity index (χ2v) is 3.05. The van der Waals surface area contributed by atoms with Crippen LogP contribution < -0.4 is 10.1 Å². The first-order chi connectivity index (χ1) is 6.31. The first-order valence-electron chi connectivity index (χ1n) is 4.22. The van der Waals surface area contributed by atoms with Crippen LogP contribution in [0.3, 0.4) is 0 Å². The average molecular weight is 177 g/mol. The Labute approximate surface area is 76.7 Å². The van der Waals surface area contributed by atoms with E-state index in [-0.39, 0.29) is 5.78 Å². The van der Waals surface area contributed by atoms with Gasteiger partial charge in [-0.2, -0.15) is 0 Å². The van der Waals surface area contributed by atoms with Crippen molar-refractivity contribution >= 4 is 5.78 Å². The van der Waals surface area contributed by atoms with Crippen molar-refractivity contribution in [2.75, 3.05) is 13.7 Å². The summed E-state index contributed by atoms with van der Waals surface area (Å²) in [4.78, 5) is 11.4. The van der Waals surface area contributed by atoms with Crippen LogP contribution in [0.25, 0.3) is 0 Å². The zero-order chi connectivity index (χ0) is 9.26. The summed E-state index contributed by atoms with van der Waals surface area (Å²) in [6.07, 6.45) is 0. The van der Waals surface area contributed by atoms with Gasteiger partial charge < -0.3 is 10.1 Å². The van der Waals surface area contributed by atoms with Crippen molar-refractivity contribution in [3.63, 3.8) is 0 Å². The second-order valence-electron chi connectivity index (χ2n) is 3.05. The van der Waals surface area contributed by atoms with Gasteiger partial charge in [-0.1, -0.05) is 6.07 Å². The van der Waals surface area contributed by atoms with Gasteiger partial charge in [0.2, 0.25) is 0 Å². The van der Waals surface area contributed by atoms with Gasteiger partial charge >= 0.3 is 0 Å². The van der Waals surface area contributed by atoms with Crippen LogP contribution in [0.5, 0.6) is 5.75 Å². The molecule has 0 fully saturated rings. The molecule has 0 amide bonds. The Balaban J connectivity index is 2.47. The van der Waals surface area contributed by atoms with Gasteiger partial charge in [-0.05, 0) is 17.7 Å². The molecule has 1 aliphatic rings. The van der Waals surface area contributed by atoms with Gasteiger partial charge in [-0.25, -0.2) is 0 Å². The lowest BCUT2D eigenvalue weighted by molar-refractivity contribution is 0.0982. The third-order valence-electron chi connectivity index (χ3n) is 2.22. The molecule has 0 bridgehead atoms. The van der Waals surface area contributed by atoms with Crippen LogP contribution in [0.15, 0.2) is 18.2 Å². The third-order valence-corrected chi connectivity index (χ3v) is 2.22. The van der Waals surface area contributed by atoms with Crippen molar-refractivity contribution in [2.45, 2.75) is 6.54 Å². The minimum Gasteiger partial charge on any atom is -0.497 e. The maximum atomic E-state index is 11.4. The maximum absolute atomic E-state index is 11.4. The van der Waals surface area contributed by atoms with E-state index in [9.17, 15) is 4.79 Å². The normalized spacial score (nSPS) is 15.3. The van der Waals surface area contributed by atoms with E-state index in [1.54, 1.807) is 13.2 Å². The van der Waals surface area contributed by atoms with Crippen molar-refractivity contribution in [1.29, 1.82) is 0 Å². The second kappa shape index (κ2) is 3.18. The molecule has 1 aromatic carbocycles. The minimum absolute atomic E-state index is 0.139. The van der Waals surface area contributed by atoms with Gasteiger partial charge in [-0.15, -0.1) is 0 Å². The molecule has 0 atom stereocenters. The Morgan fingerprint density at radius 3 is 3.00 bits per heavy atom. The minimum atomic E-state index is 0.139. The first kappa shape index (κ1) is 8.26. The topological polar surface area (TPSA) is 38.3 Å². The summed E-state index contributed by atoms with van der Waals surface area (Å²) in [5.74, 6) is 0.883. The molecule has 0 spiro atoms. The third kappa shape index (κ3) is 1.42. The Kier molecular flexibility index (Phi) is 2.02. The molecule has 0 aliphatic carbocycles. The summed E-state index contributed by atoms with van der Waals surface area (Å²) in [5.41, 5.74) is 1.84. The quantitative estimate of drug-likeness (QED) is 0.695. The lowest BCUT2D eigenvalue weighted by Gasteiger charge is -2.16. The molecule has 1 aromatic rings. The summed E-state index contributed by atoms with van der Waals surface area (Å²) in [7, 11) is 1.60. The monoisotopic (exact) mass is 177 g/mol. The number of carbonyl (C=O) groups excluding carboxylic acids is 1. The van der Waals surface area contributed by atoms with Gasteiger partial charge in [0, 0.05) is 12.1 Å². The maximum Gasteiger partial charge on any atom is 0.177 e. The molecule has 68 valence electrons. The van der Waals surface area contributed by atoms with Crippen LogP contribution in [0.4, 0.5) is 0 Å².